The molecule has 0 radical (unpaired) electrons. The third-order valence-corrected chi connectivity index (χ3v) is 1.97. The second-order valence-corrected chi connectivity index (χ2v) is 3.23. The van der Waals surface area contributed by atoms with Crippen LogP contribution >= 0.6 is 0 Å². The van der Waals surface area contributed by atoms with Gasteiger partial charge in [0.2, 0.25) is 5.91 Å². The van der Waals surface area contributed by atoms with Crippen molar-refractivity contribution in [3.8, 4) is 0 Å². The van der Waals surface area contributed by atoms with Crippen molar-refractivity contribution in [1.82, 2.24) is 10.6 Å². The minimum absolute atomic E-state index is 0.00325. The zero-order valence-corrected chi connectivity index (χ0v) is 8.83. The molecule has 0 atom stereocenters. The largest absolute Gasteiger partial charge is 0.358 e. The normalized spacial score (nSPS) is 9.47. The Hall–Kier alpha value is -1.84. The van der Waals surface area contributed by atoms with Gasteiger partial charge in [0.25, 0.3) is 5.91 Å². The van der Waals surface area contributed by atoms with Gasteiger partial charge in [0, 0.05) is 12.6 Å². The summed E-state index contributed by atoms with van der Waals surface area (Å²) in [7, 11) is 1.53. The third kappa shape index (κ3) is 3.42. The van der Waals surface area contributed by atoms with Crippen LogP contribution < -0.4 is 10.6 Å². The standard InChI is InChI=1S/C11H14N2O2/c1-8-4-3-5-9(6-8)11(15)13-7-10(14)12-2/h3-6H,7H2,1-2H3,(H,12,14)(H,13,15). The Morgan fingerprint density at radius 3 is 2.67 bits per heavy atom. The Morgan fingerprint density at radius 1 is 1.33 bits per heavy atom. The van der Waals surface area contributed by atoms with Crippen LogP contribution in [0.5, 0.6) is 0 Å². The van der Waals surface area contributed by atoms with Crippen molar-refractivity contribution in [1.29, 1.82) is 0 Å². The molecule has 0 bridgehead atoms. The van der Waals surface area contributed by atoms with Crippen LogP contribution in [0.25, 0.3) is 0 Å². The summed E-state index contributed by atoms with van der Waals surface area (Å²) in [6.45, 7) is 1.92. The molecule has 0 aliphatic heterocycles. The number of likely N-dealkylation sites (N-methyl/N-ethyl adjacent to an activating group) is 1. The number of benzene rings is 1. The molecule has 0 aromatic heterocycles. The van der Waals surface area contributed by atoms with E-state index in [1.165, 1.54) is 7.05 Å². The zero-order chi connectivity index (χ0) is 11.3. The van der Waals surface area contributed by atoms with E-state index in [0.717, 1.165) is 5.56 Å². The predicted octanol–water partition coefficient (Wildman–Crippen LogP) is 0.471. The molecule has 2 N–H and O–H groups in total. The van der Waals surface area contributed by atoms with E-state index in [-0.39, 0.29) is 18.4 Å². The summed E-state index contributed by atoms with van der Waals surface area (Å²) in [6.07, 6.45) is 0. The number of carbonyl (C=O) groups is 2. The van der Waals surface area contributed by atoms with Crippen LogP contribution in [0.4, 0.5) is 0 Å². The molecule has 0 fully saturated rings. The fourth-order valence-corrected chi connectivity index (χ4v) is 1.14. The number of rotatable bonds is 3. The number of hydrogen-bond donors (Lipinski definition) is 2. The summed E-state index contributed by atoms with van der Waals surface area (Å²) in [4.78, 5) is 22.4. The molecule has 1 aromatic carbocycles. The Morgan fingerprint density at radius 2 is 2.07 bits per heavy atom. The Bertz CT molecular complexity index is 375. The quantitative estimate of drug-likeness (QED) is 0.755. The van der Waals surface area contributed by atoms with E-state index >= 15 is 0 Å². The molecule has 0 saturated heterocycles. The van der Waals surface area contributed by atoms with Crippen molar-refractivity contribution in [2.24, 2.45) is 0 Å². The number of nitrogens with one attached hydrogen (secondary N) is 2. The lowest BCUT2D eigenvalue weighted by Gasteiger charge is -2.04. The topological polar surface area (TPSA) is 58.2 Å². The summed E-state index contributed by atoms with van der Waals surface area (Å²) in [5, 5.41) is 4.96. The van der Waals surface area contributed by atoms with Crippen LogP contribution in [0.3, 0.4) is 0 Å². The molecule has 0 aliphatic rings. The minimum Gasteiger partial charge on any atom is -0.358 e. The summed E-state index contributed by atoms with van der Waals surface area (Å²) in [5.41, 5.74) is 1.58. The maximum atomic E-state index is 11.5. The summed E-state index contributed by atoms with van der Waals surface area (Å²) in [6, 6.07) is 7.21. The van der Waals surface area contributed by atoms with Gasteiger partial charge in [-0.25, -0.2) is 0 Å². The molecule has 0 aliphatic carbocycles. The smallest absolute Gasteiger partial charge is 0.251 e. The average Bonchev–Trinajstić information content (AvgIpc) is 2.25. The highest BCUT2D eigenvalue weighted by Gasteiger charge is 2.06. The summed E-state index contributed by atoms with van der Waals surface area (Å²) < 4.78 is 0. The molecule has 0 heterocycles. The highest BCUT2D eigenvalue weighted by molar-refractivity contribution is 5.96. The lowest BCUT2D eigenvalue weighted by Crippen LogP contribution is -2.35. The SMILES string of the molecule is CNC(=O)CNC(=O)c1cccc(C)c1. The van der Waals surface area contributed by atoms with Crippen LogP contribution in [-0.4, -0.2) is 25.4 Å². The highest BCUT2D eigenvalue weighted by atomic mass is 16.2. The molecule has 0 saturated carbocycles. The van der Waals surface area contributed by atoms with Crippen LogP contribution in [-0.2, 0) is 4.79 Å². The van der Waals surface area contributed by atoms with Gasteiger partial charge >= 0.3 is 0 Å². The molecule has 15 heavy (non-hydrogen) atoms. The van der Waals surface area contributed by atoms with Gasteiger partial charge < -0.3 is 10.6 Å². The Labute approximate surface area is 88.7 Å². The fraction of sp³-hybridized carbons (Fsp3) is 0.273. The van der Waals surface area contributed by atoms with Gasteiger partial charge in [0.15, 0.2) is 0 Å². The van der Waals surface area contributed by atoms with E-state index in [4.69, 9.17) is 0 Å². The number of aryl methyl sites for hydroxylation is 1. The molecule has 2 amide bonds. The van der Waals surface area contributed by atoms with Crippen molar-refractivity contribution in [3.05, 3.63) is 35.4 Å². The fourth-order valence-electron chi connectivity index (χ4n) is 1.14. The molecule has 4 heteroatoms. The van der Waals surface area contributed by atoms with Gasteiger partial charge in [-0.3, -0.25) is 9.59 Å². The molecular weight excluding hydrogens is 192 g/mol. The van der Waals surface area contributed by atoms with Crippen molar-refractivity contribution in [3.63, 3.8) is 0 Å². The van der Waals surface area contributed by atoms with Crippen molar-refractivity contribution >= 4 is 11.8 Å². The molecule has 0 spiro atoms. The van der Waals surface area contributed by atoms with E-state index in [1.54, 1.807) is 12.1 Å². The van der Waals surface area contributed by atoms with Crippen molar-refractivity contribution < 1.29 is 9.59 Å². The maximum Gasteiger partial charge on any atom is 0.251 e. The monoisotopic (exact) mass is 206 g/mol. The predicted molar refractivity (Wildman–Crippen MR) is 57.6 cm³/mol. The van der Waals surface area contributed by atoms with Crippen molar-refractivity contribution in [2.45, 2.75) is 6.92 Å². The first-order valence-corrected chi connectivity index (χ1v) is 4.69. The first-order valence-electron chi connectivity index (χ1n) is 4.69. The summed E-state index contributed by atoms with van der Waals surface area (Å²) in [5.74, 6) is -0.446. The second kappa shape index (κ2) is 5.14. The lowest BCUT2D eigenvalue weighted by atomic mass is 10.1. The lowest BCUT2D eigenvalue weighted by molar-refractivity contribution is -0.119. The second-order valence-electron chi connectivity index (χ2n) is 3.23. The van der Waals surface area contributed by atoms with Crippen LogP contribution in [0.15, 0.2) is 24.3 Å². The maximum absolute atomic E-state index is 11.5. The van der Waals surface area contributed by atoms with E-state index in [9.17, 15) is 9.59 Å². The number of carbonyl (C=O) groups excluding carboxylic acids is 2. The average molecular weight is 206 g/mol. The molecule has 0 unspecified atom stereocenters. The highest BCUT2D eigenvalue weighted by Crippen LogP contribution is 2.03. The van der Waals surface area contributed by atoms with E-state index in [1.807, 2.05) is 19.1 Å². The Balaban J connectivity index is 2.58. The Kier molecular flexibility index (Phi) is 3.85. The van der Waals surface area contributed by atoms with Crippen LogP contribution in [0.2, 0.25) is 0 Å². The molecule has 4 nitrogen and oxygen atoms in total. The first kappa shape index (κ1) is 11.2. The van der Waals surface area contributed by atoms with Gasteiger partial charge in [-0.2, -0.15) is 0 Å². The van der Waals surface area contributed by atoms with Gasteiger partial charge in [-0.15, -0.1) is 0 Å². The molecule has 1 aromatic rings. The van der Waals surface area contributed by atoms with Crippen molar-refractivity contribution in [2.75, 3.05) is 13.6 Å². The van der Waals surface area contributed by atoms with E-state index in [0.29, 0.717) is 5.56 Å². The molecule has 1 rings (SSSR count). The zero-order valence-electron chi connectivity index (χ0n) is 8.83. The first-order chi connectivity index (χ1) is 7.13. The molecular formula is C11H14N2O2. The summed E-state index contributed by atoms with van der Waals surface area (Å²) >= 11 is 0. The van der Waals surface area contributed by atoms with Gasteiger partial charge in [0.05, 0.1) is 6.54 Å². The van der Waals surface area contributed by atoms with E-state index < -0.39 is 0 Å². The number of amides is 2. The van der Waals surface area contributed by atoms with Gasteiger partial charge in [-0.05, 0) is 19.1 Å². The van der Waals surface area contributed by atoms with Gasteiger partial charge in [0.1, 0.15) is 0 Å². The minimum atomic E-state index is -0.234. The van der Waals surface area contributed by atoms with Crippen LogP contribution in [0, 0.1) is 6.92 Å². The number of hydrogen-bond acceptors (Lipinski definition) is 2. The van der Waals surface area contributed by atoms with Gasteiger partial charge in [-0.1, -0.05) is 17.7 Å². The van der Waals surface area contributed by atoms with Crippen LogP contribution in [0.1, 0.15) is 15.9 Å². The van der Waals surface area contributed by atoms with E-state index in [2.05, 4.69) is 10.6 Å². The molecule has 80 valence electrons. The third-order valence-electron chi connectivity index (χ3n) is 1.97.